The number of benzene rings is 1. The molecule has 0 saturated carbocycles. The van der Waals surface area contributed by atoms with Gasteiger partial charge < -0.3 is 4.42 Å². The van der Waals surface area contributed by atoms with Crippen LogP contribution in [0.1, 0.15) is 31.9 Å². The SMILES string of the molecule is Cc1cnc(Cl)cc1-c1nc2cc(C(C)(C)C)ccc2o1. The molecule has 0 spiro atoms. The van der Waals surface area contributed by atoms with E-state index in [1.165, 1.54) is 5.56 Å². The monoisotopic (exact) mass is 300 g/mol. The molecule has 0 aliphatic heterocycles. The highest BCUT2D eigenvalue weighted by Crippen LogP contribution is 2.30. The van der Waals surface area contributed by atoms with Gasteiger partial charge in [0.1, 0.15) is 10.7 Å². The van der Waals surface area contributed by atoms with Crippen LogP contribution in [-0.2, 0) is 5.41 Å². The van der Waals surface area contributed by atoms with Crippen LogP contribution in [0.4, 0.5) is 0 Å². The van der Waals surface area contributed by atoms with Crippen LogP contribution in [0.2, 0.25) is 5.15 Å². The van der Waals surface area contributed by atoms with Crippen LogP contribution in [0.15, 0.2) is 34.9 Å². The summed E-state index contributed by atoms with van der Waals surface area (Å²) in [5.74, 6) is 0.581. The van der Waals surface area contributed by atoms with Gasteiger partial charge in [0.15, 0.2) is 5.58 Å². The van der Waals surface area contributed by atoms with Crippen molar-refractivity contribution in [1.82, 2.24) is 9.97 Å². The summed E-state index contributed by atoms with van der Waals surface area (Å²) >= 11 is 5.97. The van der Waals surface area contributed by atoms with E-state index in [0.717, 1.165) is 22.2 Å². The molecule has 2 heterocycles. The third-order valence-corrected chi connectivity index (χ3v) is 3.76. The minimum atomic E-state index is 0.0865. The number of fused-ring (bicyclic) bond motifs is 1. The molecule has 21 heavy (non-hydrogen) atoms. The first-order valence-electron chi connectivity index (χ1n) is 6.88. The first kappa shape index (κ1) is 14.1. The molecule has 108 valence electrons. The van der Waals surface area contributed by atoms with Crippen molar-refractivity contribution in [3.63, 3.8) is 0 Å². The van der Waals surface area contributed by atoms with E-state index in [-0.39, 0.29) is 5.41 Å². The number of aryl methyl sites for hydroxylation is 1. The number of pyridine rings is 1. The van der Waals surface area contributed by atoms with Gasteiger partial charge in [-0.1, -0.05) is 38.4 Å². The lowest BCUT2D eigenvalue weighted by atomic mass is 9.87. The predicted octanol–water partition coefficient (Wildman–Crippen LogP) is 5.15. The molecule has 3 rings (SSSR count). The van der Waals surface area contributed by atoms with Gasteiger partial charge in [0.25, 0.3) is 0 Å². The first-order valence-corrected chi connectivity index (χ1v) is 7.26. The van der Waals surface area contributed by atoms with E-state index in [4.69, 9.17) is 16.0 Å². The summed E-state index contributed by atoms with van der Waals surface area (Å²) in [4.78, 5) is 8.67. The lowest BCUT2D eigenvalue weighted by Gasteiger charge is -2.18. The lowest BCUT2D eigenvalue weighted by molar-refractivity contribution is 0.590. The van der Waals surface area contributed by atoms with Crippen molar-refractivity contribution in [1.29, 1.82) is 0 Å². The molecule has 0 unspecified atom stereocenters. The van der Waals surface area contributed by atoms with E-state index in [0.29, 0.717) is 11.0 Å². The van der Waals surface area contributed by atoms with Crippen molar-refractivity contribution < 1.29 is 4.42 Å². The Labute approximate surface area is 129 Å². The maximum atomic E-state index is 5.97. The highest BCUT2D eigenvalue weighted by molar-refractivity contribution is 6.29. The van der Waals surface area contributed by atoms with E-state index in [1.54, 1.807) is 12.3 Å². The molecule has 0 saturated heterocycles. The fraction of sp³-hybridized carbons (Fsp3) is 0.294. The minimum absolute atomic E-state index is 0.0865. The van der Waals surface area contributed by atoms with Crippen molar-refractivity contribution in [3.8, 4) is 11.5 Å². The zero-order chi connectivity index (χ0) is 15.2. The van der Waals surface area contributed by atoms with Gasteiger partial charge >= 0.3 is 0 Å². The Kier molecular flexibility index (Phi) is 3.25. The van der Waals surface area contributed by atoms with Gasteiger partial charge in [0, 0.05) is 11.8 Å². The zero-order valence-electron chi connectivity index (χ0n) is 12.6. The molecule has 2 aromatic heterocycles. The number of halogens is 1. The van der Waals surface area contributed by atoms with E-state index in [2.05, 4.69) is 42.9 Å². The summed E-state index contributed by atoms with van der Waals surface area (Å²) in [5.41, 5.74) is 4.84. The maximum Gasteiger partial charge on any atom is 0.227 e. The van der Waals surface area contributed by atoms with E-state index >= 15 is 0 Å². The van der Waals surface area contributed by atoms with Crippen molar-refractivity contribution in [2.45, 2.75) is 33.1 Å². The normalized spacial score (nSPS) is 12.0. The summed E-state index contributed by atoms with van der Waals surface area (Å²) in [6, 6.07) is 7.93. The van der Waals surface area contributed by atoms with E-state index in [1.807, 2.05) is 13.0 Å². The van der Waals surface area contributed by atoms with Crippen LogP contribution < -0.4 is 0 Å². The molecule has 0 fully saturated rings. The number of hydrogen-bond donors (Lipinski definition) is 0. The van der Waals surface area contributed by atoms with E-state index < -0.39 is 0 Å². The van der Waals surface area contributed by atoms with Crippen LogP contribution in [0.25, 0.3) is 22.6 Å². The zero-order valence-corrected chi connectivity index (χ0v) is 13.3. The quantitative estimate of drug-likeness (QED) is 0.583. The van der Waals surface area contributed by atoms with Gasteiger partial charge in [-0.25, -0.2) is 9.97 Å². The molecule has 3 aromatic rings. The van der Waals surface area contributed by atoms with Crippen molar-refractivity contribution >= 4 is 22.7 Å². The summed E-state index contributed by atoms with van der Waals surface area (Å²) < 4.78 is 5.86. The number of rotatable bonds is 1. The topological polar surface area (TPSA) is 38.9 Å². The third kappa shape index (κ3) is 2.66. The van der Waals surface area contributed by atoms with Gasteiger partial charge in [-0.2, -0.15) is 0 Å². The van der Waals surface area contributed by atoms with Crippen LogP contribution in [0.3, 0.4) is 0 Å². The molecule has 4 heteroatoms. The summed E-state index contributed by atoms with van der Waals surface area (Å²) in [7, 11) is 0. The second-order valence-electron chi connectivity index (χ2n) is 6.27. The van der Waals surface area contributed by atoms with Crippen LogP contribution in [0.5, 0.6) is 0 Å². The fourth-order valence-electron chi connectivity index (χ4n) is 2.24. The van der Waals surface area contributed by atoms with Crippen molar-refractivity contribution in [3.05, 3.63) is 46.7 Å². The largest absolute Gasteiger partial charge is 0.436 e. The second kappa shape index (κ2) is 4.85. The van der Waals surface area contributed by atoms with E-state index in [9.17, 15) is 0 Å². The van der Waals surface area contributed by atoms with Gasteiger partial charge in [0.05, 0.1) is 0 Å². The lowest BCUT2D eigenvalue weighted by Crippen LogP contribution is -2.10. The Balaban J connectivity index is 2.15. The van der Waals surface area contributed by atoms with Gasteiger partial charge in [-0.3, -0.25) is 0 Å². The molecule has 0 aliphatic rings. The first-order chi connectivity index (χ1) is 9.84. The second-order valence-corrected chi connectivity index (χ2v) is 6.66. The van der Waals surface area contributed by atoms with Crippen LogP contribution >= 0.6 is 11.6 Å². The maximum absolute atomic E-state index is 5.97. The van der Waals surface area contributed by atoms with Crippen molar-refractivity contribution in [2.75, 3.05) is 0 Å². The third-order valence-electron chi connectivity index (χ3n) is 3.55. The average molecular weight is 301 g/mol. The minimum Gasteiger partial charge on any atom is -0.436 e. The number of hydrogen-bond acceptors (Lipinski definition) is 3. The Hall–Kier alpha value is -1.87. The summed E-state index contributed by atoms with van der Waals surface area (Å²) in [5, 5.41) is 0.438. The van der Waals surface area contributed by atoms with Crippen LogP contribution in [0, 0.1) is 6.92 Å². The van der Waals surface area contributed by atoms with Gasteiger partial charge in [0.2, 0.25) is 5.89 Å². The van der Waals surface area contributed by atoms with Crippen molar-refractivity contribution in [2.24, 2.45) is 0 Å². The summed E-state index contributed by atoms with van der Waals surface area (Å²) in [6.45, 7) is 8.51. The average Bonchev–Trinajstić information content (AvgIpc) is 2.83. The predicted molar refractivity (Wildman–Crippen MR) is 85.7 cm³/mol. The smallest absolute Gasteiger partial charge is 0.227 e. The number of aromatic nitrogens is 2. The molecular formula is C17H17ClN2O. The highest BCUT2D eigenvalue weighted by atomic mass is 35.5. The Morgan fingerprint density at radius 3 is 2.62 bits per heavy atom. The molecule has 0 amide bonds. The Morgan fingerprint density at radius 1 is 1.14 bits per heavy atom. The standard InChI is InChI=1S/C17H17ClN2O/c1-10-9-19-15(18)8-12(10)16-20-13-7-11(17(2,3)4)5-6-14(13)21-16/h5-9H,1-4H3. The molecule has 1 aromatic carbocycles. The molecule has 0 aliphatic carbocycles. The summed E-state index contributed by atoms with van der Waals surface area (Å²) in [6.07, 6.45) is 1.73. The fourth-order valence-corrected chi connectivity index (χ4v) is 2.40. The van der Waals surface area contributed by atoms with Gasteiger partial charge in [-0.05, 0) is 41.7 Å². The highest BCUT2D eigenvalue weighted by Gasteiger charge is 2.17. The number of nitrogens with zero attached hydrogens (tertiary/aromatic N) is 2. The Morgan fingerprint density at radius 2 is 1.90 bits per heavy atom. The van der Waals surface area contributed by atoms with Crippen LogP contribution in [-0.4, -0.2) is 9.97 Å². The molecule has 0 N–H and O–H groups in total. The molecule has 3 nitrogen and oxygen atoms in total. The molecule has 0 radical (unpaired) electrons. The molecule has 0 atom stereocenters. The Bertz CT molecular complexity index is 815. The molecular weight excluding hydrogens is 284 g/mol. The molecule has 0 bridgehead atoms. The number of oxazole rings is 1. The van der Waals surface area contributed by atoms with Gasteiger partial charge in [-0.15, -0.1) is 0 Å².